The van der Waals surface area contributed by atoms with Gasteiger partial charge in [-0.05, 0) is 25.5 Å². The molecule has 5 nitrogen and oxygen atoms in total. The van der Waals surface area contributed by atoms with Gasteiger partial charge in [-0.3, -0.25) is 10.1 Å². The fourth-order valence-electron chi connectivity index (χ4n) is 1.71. The lowest BCUT2D eigenvalue weighted by Crippen LogP contribution is -1.97. The number of rotatable bonds is 3. The molecule has 2 rings (SSSR count). The molecule has 0 aliphatic heterocycles. The van der Waals surface area contributed by atoms with E-state index in [1.165, 1.54) is 4.68 Å². The quantitative estimate of drug-likeness (QED) is 0.632. The second-order valence-corrected chi connectivity index (χ2v) is 4.30. The van der Waals surface area contributed by atoms with Crippen molar-refractivity contribution in [3.05, 3.63) is 50.8 Å². The molecule has 0 saturated carbocycles. The summed E-state index contributed by atoms with van der Waals surface area (Å²) >= 11 is 6.04. The average molecular weight is 266 g/mol. The van der Waals surface area contributed by atoms with Crippen LogP contribution < -0.4 is 0 Å². The maximum absolute atomic E-state index is 11.0. The van der Waals surface area contributed by atoms with Crippen molar-refractivity contribution >= 4 is 17.3 Å². The molecular formula is C12H12ClN3O2. The molecule has 18 heavy (non-hydrogen) atoms. The van der Waals surface area contributed by atoms with Crippen molar-refractivity contribution in [2.45, 2.75) is 20.3 Å². The first-order chi connectivity index (χ1) is 8.54. The van der Waals surface area contributed by atoms with Crippen molar-refractivity contribution in [2.24, 2.45) is 0 Å². The van der Waals surface area contributed by atoms with Crippen LogP contribution in [0.3, 0.4) is 0 Å². The summed E-state index contributed by atoms with van der Waals surface area (Å²) in [6, 6.07) is 7.48. The zero-order valence-electron chi connectivity index (χ0n) is 10.1. The highest BCUT2D eigenvalue weighted by atomic mass is 35.5. The van der Waals surface area contributed by atoms with Gasteiger partial charge in [-0.2, -0.15) is 5.10 Å². The first kappa shape index (κ1) is 12.6. The van der Waals surface area contributed by atoms with E-state index in [-0.39, 0.29) is 10.8 Å². The standard InChI is InChI=1S/C12H12ClN3O2/c1-3-10-11(16(17)18)12(13)15(14-10)9-6-4-8(2)5-7-9/h4-7H,3H2,1-2H3. The molecule has 0 unspecified atom stereocenters. The first-order valence-corrected chi connectivity index (χ1v) is 5.91. The summed E-state index contributed by atoms with van der Waals surface area (Å²) in [5, 5.41) is 15.2. The van der Waals surface area contributed by atoms with Crippen LogP contribution in [-0.2, 0) is 6.42 Å². The molecule has 0 aliphatic carbocycles. The van der Waals surface area contributed by atoms with Crippen molar-refractivity contribution in [2.75, 3.05) is 0 Å². The predicted molar refractivity (Wildman–Crippen MR) is 69.3 cm³/mol. The van der Waals surface area contributed by atoms with E-state index in [9.17, 15) is 10.1 Å². The Bertz CT molecular complexity index is 590. The van der Waals surface area contributed by atoms with Crippen LogP contribution in [0.25, 0.3) is 5.69 Å². The summed E-state index contributed by atoms with van der Waals surface area (Å²) in [5.74, 6) is 0. The molecule has 0 aliphatic rings. The van der Waals surface area contributed by atoms with E-state index in [0.717, 1.165) is 5.56 Å². The largest absolute Gasteiger partial charge is 0.329 e. The van der Waals surface area contributed by atoms with Crippen LogP contribution in [0, 0.1) is 17.0 Å². The average Bonchev–Trinajstić information content (AvgIpc) is 2.67. The van der Waals surface area contributed by atoms with Gasteiger partial charge in [-0.25, -0.2) is 4.68 Å². The predicted octanol–water partition coefficient (Wildman–Crippen LogP) is 3.30. The normalized spacial score (nSPS) is 10.6. The van der Waals surface area contributed by atoms with Gasteiger partial charge in [-0.1, -0.05) is 36.2 Å². The molecule has 0 fully saturated rings. The molecule has 0 radical (unpaired) electrons. The summed E-state index contributed by atoms with van der Waals surface area (Å²) in [6.07, 6.45) is 0.467. The number of aryl methyl sites for hydroxylation is 2. The first-order valence-electron chi connectivity index (χ1n) is 5.53. The summed E-state index contributed by atoms with van der Waals surface area (Å²) in [5.41, 5.74) is 2.10. The monoisotopic (exact) mass is 265 g/mol. The fraction of sp³-hybridized carbons (Fsp3) is 0.250. The van der Waals surface area contributed by atoms with Gasteiger partial charge < -0.3 is 0 Å². The Morgan fingerprint density at radius 2 is 2.00 bits per heavy atom. The molecule has 0 atom stereocenters. The molecule has 1 heterocycles. The number of nitrogens with zero attached hydrogens (tertiary/aromatic N) is 3. The number of benzene rings is 1. The molecule has 0 spiro atoms. The minimum atomic E-state index is -0.487. The molecular weight excluding hydrogens is 254 g/mol. The van der Waals surface area contributed by atoms with E-state index in [0.29, 0.717) is 17.8 Å². The summed E-state index contributed by atoms with van der Waals surface area (Å²) < 4.78 is 1.40. The zero-order chi connectivity index (χ0) is 13.3. The molecule has 0 bridgehead atoms. The third-order valence-corrected chi connectivity index (χ3v) is 3.01. The lowest BCUT2D eigenvalue weighted by molar-refractivity contribution is -0.385. The van der Waals surface area contributed by atoms with Crippen LogP contribution >= 0.6 is 11.6 Å². The molecule has 2 aromatic rings. The highest BCUT2D eigenvalue weighted by Gasteiger charge is 2.25. The summed E-state index contributed by atoms with van der Waals surface area (Å²) in [4.78, 5) is 10.5. The lowest BCUT2D eigenvalue weighted by Gasteiger charge is -2.02. The smallest absolute Gasteiger partial charge is 0.258 e. The summed E-state index contributed by atoms with van der Waals surface area (Å²) in [7, 11) is 0. The number of aromatic nitrogens is 2. The molecule has 94 valence electrons. The maximum Gasteiger partial charge on any atom is 0.329 e. The van der Waals surface area contributed by atoms with Crippen LogP contribution in [0.5, 0.6) is 0 Å². The van der Waals surface area contributed by atoms with Crippen molar-refractivity contribution in [3.63, 3.8) is 0 Å². The van der Waals surface area contributed by atoms with Gasteiger partial charge in [0.1, 0.15) is 5.69 Å². The minimum absolute atomic E-state index is 0.0423. The molecule has 0 N–H and O–H groups in total. The van der Waals surface area contributed by atoms with Crippen LogP contribution in [0.15, 0.2) is 24.3 Å². The van der Waals surface area contributed by atoms with Crippen LogP contribution in [0.2, 0.25) is 5.15 Å². The van der Waals surface area contributed by atoms with Gasteiger partial charge in [0.25, 0.3) is 0 Å². The van der Waals surface area contributed by atoms with Crippen molar-refractivity contribution in [1.82, 2.24) is 9.78 Å². The van der Waals surface area contributed by atoms with E-state index in [1.807, 2.05) is 38.1 Å². The Hall–Kier alpha value is -1.88. The SMILES string of the molecule is CCc1nn(-c2ccc(C)cc2)c(Cl)c1[N+](=O)[O-]. The van der Waals surface area contributed by atoms with E-state index in [4.69, 9.17) is 11.6 Å². The van der Waals surface area contributed by atoms with Gasteiger partial charge in [0.15, 0.2) is 0 Å². The Morgan fingerprint density at radius 1 is 1.39 bits per heavy atom. The highest BCUT2D eigenvalue weighted by molar-refractivity contribution is 6.32. The van der Waals surface area contributed by atoms with Crippen molar-refractivity contribution in [3.8, 4) is 5.69 Å². The Kier molecular flexibility index (Phi) is 3.34. The second kappa shape index (κ2) is 4.78. The van der Waals surface area contributed by atoms with Gasteiger partial charge in [0, 0.05) is 0 Å². The van der Waals surface area contributed by atoms with E-state index in [2.05, 4.69) is 5.10 Å². The van der Waals surface area contributed by atoms with Crippen LogP contribution in [0.4, 0.5) is 5.69 Å². The number of hydrogen-bond donors (Lipinski definition) is 0. The fourth-order valence-corrected chi connectivity index (χ4v) is 2.02. The Morgan fingerprint density at radius 3 is 2.44 bits per heavy atom. The molecule has 1 aromatic carbocycles. The van der Waals surface area contributed by atoms with Crippen molar-refractivity contribution in [1.29, 1.82) is 0 Å². The third kappa shape index (κ3) is 2.09. The van der Waals surface area contributed by atoms with Crippen molar-refractivity contribution < 1.29 is 4.92 Å². The third-order valence-electron chi connectivity index (χ3n) is 2.67. The zero-order valence-corrected chi connectivity index (χ0v) is 10.8. The minimum Gasteiger partial charge on any atom is -0.258 e. The van der Waals surface area contributed by atoms with Crippen LogP contribution in [-0.4, -0.2) is 14.7 Å². The number of nitro groups is 1. The topological polar surface area (TPSA) is 61.0 Å². The molecule has 0 saturated heterocycles. The van der Waals surface area contributed by atoms with E-state index < -0.39 is 4.92 Å². The molecule has 1 aromatic heterocycles. The van der Waals surface area contributed by atoms with Gasteiger partial charge in [-0.15, -0.1) is 0 Å². The van der Waals surface area contributed by atoms with Gasteiger partial charge in [0.2, 0.25) is 5.15 Å². The highest BCUT2D eigenvalue weighted by Crippen LogP contribution is 2.30. The maximum atomic E-state index is 11.0. The molecule has 6 heteroatoms. The Balaban J connectivity index is 2.59. The summed E-state index contributed by atoms with van der Waals surface area (Å²) in [6.45, 7) is 3.78. The number of halogens is 1. The van der Waals surface area contributed by atoms with Crippen LogP contribution in [0.1, 0.15) is 18.2 Å². The lowest BCUT2D eigenvalue weighted by atomic mass is 10.2. The molecule has 0 amide bonds. The Labute approximate surface area is 109 Å². The van der Waals surface area contributed by atoms with E-state index >= 15 is 0 Å². The second-order valence-electron chi connectivity index (χ2n) is 3.94. The van der Waals surface area contributed by atoms with Gasteiger partial charge in [0.05, 0.1) is 10.6 Å². The van der Waals surface area contributed by atoms with E-state index in [1.54, 1.807) is 0 Å². The van der Waals surface area contributed by atoms with Gasteiger partial charge >= 0.3 is 5.69 Å². The number of hydrogen-bond acceptors (Lipinski definition) is 3.